The molecule has 0 bridgehead atoms. The van der Waals surface area contributed by atoms with Gasteiger partial charge < -0.3 is 10.4 Å². The summed E-state index contributed by atoms with van der Waals surface area (Å²) < 4.78 is 38.5. The third-order valence-corrected chi connectivity index (χ3v) is 5.71. The van der Waals surface area contributed by atoms with Crippen LogP contribution in [0.4, 0.5) is 18.9 Å². The molecule has 1 amide bonds. The van der Waals surface area contributed by atoms with Crippen LogP contribution in [-0.2, 0) is 11.0 Å². The van der Waals surface area contributed by atoms with Gasteiger partial charge in [-0.2, -0.15) is 13.2 Å². The molecule has 3 nitrogen and oxygen atoms in total. The predicted octanol–water partition coefficient (Wildman–Crippen LogP) is 7.88. The molecule has 0 heterocycles. The van der Waals surface area contributed by atoms with Gasteiger partial charge in [0.05, 0.1) is 11.3 Å². The molecular formula is C27H32F3NO2. The first-order valence-corrected chi connectivity index (χ1v) is 10.9. The Hall–Kier alpha value is -3.02. The maximum absolute atomic E-state index is 12.8. The van der Waals surface area contributed by atoms with Crippen LogP contribution < -0.4 is 5.32 Å². The van der Waals surface area contributed by atoms with Crippen molar-refractivity contribution in [2.45, 2.75) is 60.1 Å². The molecule has 2 N–H and O–H groups in total. The van der Waals surface area contributed by atoms with E-state index in [2.05, 4.69) is 38.2 Å². The van der Waals surface area contributed by atoms with E-state index >= 15 is 0 Å². The maximum atomic E-state index is 12.8. The summed E-state index contributed by atoms with van der Waals surface area (Å²) in [5.74, 6) is -1.07. The van der Waals surface area contributed by atoms with Gasteiger partial charge in [0, 0.05) is 6.08 Å². The topological polar surface area (TPSA) is 49.3 Å². The summed E-state index contributed by atoms with van der Waals surface area (Å²) >= 11 is 0. The molecular weight excluding hydrogens is 427 g/mol. The van der Waals surface area contributed by atoms with E-state index in [9.17, 15) is 23.1 Å². The van der Waals surface area contributed by atoms with Crippen molar-refractivity contribution in [3.05, 3.63) is 82.5 Å². The van der Waals surface area contributed by atoms with Gasteiger partial charge in [0.25, 0.3) is 0 Å². The van der Waals surface area contributed by atoms with Gasteiger partial charge in [-0.05, 0) is 74.8 Å². The molecule has 0 aliphatic heterocycles. The number of phenolic OH excluding ortho intramolecular Hbond substituents is 1. The lowest BCUT2D eigenvalue weighted by molar-refractivity contribution is -0.137. The second-order valence-electron chi connectivity index (χ2n) is 9.14. The smallest absolute Gasteiger partial charge is 0.416 e. The lowest BCUT2D eigenvalue weighted by Crippen LogP contribution is -2.19. The van der Waals surface area contributed by atoms with Crippen LogP contribution in [0.2, 0.25) is 0 Å². The molecule has 33 heavy (non-hydrogen) atoms. The van der Waals surface area contributed by atoms with E-state index in [1.807, 2.05) is 19.1 Å². The highest BCUT2D eigenvalue weighted by molar-refractivity contribution is 6.01. The fourth-order valence-electron chi connectivity index (χ4n) is 3.87. The Bertz CT molecular complexity index is 1040. The fraction of sp³-hybridized carbons (Fsp3) is 0.370. The predicted molar refractivity (Wildman–Crippen MR) is 128 cm³/mol. The molecule has 0 saturated heterocycles. The van der Waals surface area contributed by atoms with E-state index in [-0.39, 0.29) is 11.1 Å². The summed E-state index contributed by atoms with van der Waals surface area (Å²) in [7, 11) is 0. The molecule has 2 rings (SSSR count). The van der Waals surface area contributed by atoms with Crippen LogP contribution in [0, 0.1) is 5.41 Å². The molecule has 0 spiro atoms. The fourth-order valence-corrected chi connectivity index (χ4v) is 3.87. The van der Waals surface area contributed by atoms with Crippen LogP contribution in [0.3, 0.4) is 0 Å². The van der Waals surface area contributed by atoms with Gasteiger partial charge in [-0.3, -0.25) is 4.79 Å². The normalized spacial score (nSPS) is 17.8. The standard InChI is InChI=1S/C27H32F3NO2/c1-18(11-13-22-20(3)10-7-15-26(22,4)5)8-6-9-19(2)16-25(33)31-23-17-21(27(28,29)30)12-14-24(23)32/h6,8-9,11-14,16-17,32H,7,10,15H2,1-5H3,(H,31,33). The van der Waals surface area contributed by atoms with Crippen LogP contribution in [0.5, 0.6) is 5.75 Å². The number of carbonyl (C=O) groups is 1. The monoisotopic (exact) mass is 459 g/mol. The molecule has 1 aromatic rings. The summed E-state index contributed by atoms with van der Waals surface area (Å²) in [5.41, 5.74) is 3.42. The summed E-state index contributed by atoms with van der Waals surface area (Å²) in [6, 6.07) is 2.36. The van der Waals surface area contributed by atoms with Crippen molar-refractivity contribution in [3.8, 4) is 5.75 Å². The zero-order valence-electron chi connectivity index (χ0n) is 19.8. The van der Waals surface area contributed by atoms with Crippen molar-refractivity contribution in [3.63, 3.8) is 0 Å². The van der Waals surface area contributed by atoms with Crippen molar-refractivity contribution in [1.82, 2.24) is 0 Å². The highest BCUT2D eigenvalue weighted by Gasteiger charge is 2.31. The number of halogens is 3. The zero-order valence-corrected chi connectivity index (χ0v) is 19.8. The first-order chi connectivity index (χ1) is 15.3. The average Bonchev–Trinajstić information content (AvgIpc) is 2.67. The largest absolute Gasteiger partial charge is 0.506 e. The van der Waals surface area contributed by atoms with E-state index in [0.29, 0.717) is 11.6 Å². The van der Waals surface area contributed by atoms with Gasteiger partial charge in [0.15, 0.2) is 0 Å². The third kappa shape index (κ3) is 7.81. The molecule has 178 valence electrons. The Morgan fingerprint density at radius 2 is 1.85 bits per heavy atom. The van der Waals surface area contributed by atoms with Crippen LogP contribution >= 0.6 is 0 Å². The highest BCUT2D eigenvalue weighted by Crippen LogP contribution is 2.40. The summed E-state index contributed by atoms with van der Waals surface area (Å²) in [4.78, 5) is 12.2. The first-order valence-electron chi connectivity index (χ1n) is 10.9. The number of anilines is 1. The second kappa shape index (κ2) is 10.7. The van der Waals surface area contributed by atoms with Gasteiger partial charge in [-0.1, -0.05) is 55.4 Å². The van der Waals surface area contributed by atoms with Crippen molar-refractivity contribution >= 4 is 11.6 Å². The molecule has 0 radical (unpaired) electrons. The lowest BCUT2D eigenvalue weighted by Gasteiger charge is -2.32. The van der Waals surface area contributed by atoms with Crippen molar-refractivity contribution in [2.24, 2.45) is 5.41 Å². The lowest BCUT2D eigenvalue weighted by atomic mass is 9.72. The molecule has 0 aromatic heterocycles. The number of benzene rings is 1. The Balaban J connectivity index is 2.03. The number of rotatable bonds is 6. The molecule has 1 aliphatic carbocycles. The number of hydrogen-bond donors (Lipinski definition) is 2. The van der Waals surface area contributed by atoms with Crippen molar-refractivity contribution in [2.75, 3.05) is 5.32 Å². The number of amides is 1. The van der Waals surface area contributed by atoms with Crippen molar-refractivity contribution in [1.29, 1.82) is 0 Å². The summed E-state index contributed by atoms with van der Waals surface area (Å²) in [5, 5.41) is 12.0. The summed E-state index contributed by atoms with van der Waals surface area (Å²) in [6.07, 6.45) is 9.97. The maximum Gasteiger partial charge on any atom is 0.416 e. The molecule has 6 heteroatoms. The highest BCUT2D eigenvalue weighted by atomic mass is 19.4. The molecule has 0 fully saturated rings. The van der Waals surface area contributed by atoms with Gasteiger partial charge in [0.1, 0.15) is 5.75 Å². The Kier molecular flexibility index (Phi) is 8.53. The van der Waals surface area contributed by atoms with E-state index in [1.165, 1.54) is 30.1 Å². The average molecular weight is 460 g/mol. The minimum atomic E-state index is -4.57. The van der Waals surface area contributed by atoms with E-state index in [1.54, 1.807) is 13.0 Å². The van der Waals surface area contributed by atoms with Crippen molar-refractivity contribution < 1.29 is 23.1 Å². The molecule has 0 unspecified atom stereocenters. The SMILES string of the molecule is CC(C=CC1=C(C)CCCC1(C)C)=CC=CC(C)=CC(=O)Nc1cc(C(F)(F)F)ccc1O. The van der Waals surface area contributed by atoms with E-state index in [0.717, 1.165) is 24.1 Å². The van der Waals surface area contributed by atoms with Crippen LogP contribution in [0.1, 0.15) is 59.4 Å². The molecule has 0 atom stereocenters. The minimum Gasteiger partial charge on any atom is -0.506 e. The Labute approximate surface area is 194 Å². The molecule has 0 saturated carbocycles. The van der Waals surface area contributed by atoms with Gasteiger partial charge in [-0.15, -0.1) is 0 Å². The number of allylic oxidation sites excluding steroid dienone is 9. The number of nitrogens with one attached hydrogen (secondary N) is 1. The quantitative estimate of drug-likeness (QED) is 0.258. The number of hydrogen-bond acceptors (Lipinski definition) is 2. The number of aromatic hydroxyl groups is 1. The zero-order chi connectivity index (χ0) is 24.8. The van der Waals surface area contributed by atoms with Crippen LogP contribution in [0.15, 0.2) is 76.9 Å². The first kappa shape index (κ1) is 26.2. The van der Waals surface area contributed by atoms with Crippen LogP contribution in [0.25, 0.3) is 0 Å². The Morgan fingerprint density at radius 1 is 1.15 bits per heavy atom. The van der Waals surface area contributed by atoms with Gasteiger partial charge >= 0.3 is 6.18 Å². The van der Waals surface area contributed by atoms with Gasteiger partial charge in [-0.25, -0.2) is 0 Å². The molecule has 1 aromatic carbocycles. The van der Waals surface area contributed by atoms with Gasteiger partial charge in [0.2, 0.25) is 5.91 Å². The third-order valence-electron chi connectivity index (χ3n) is 5.71. The minimum absolute atomic E-state index is 0.176. The van der Waals surface area contributed by atoms with Crippen LogP contribution in [-0.4, -0.2) is 11.0 Å². The second-order valence-corrected chi connectivity index (χ2v) is 9.14. The number of alkyl halides is 3. The number of carbonyl (C=O) groups excluding carboxylic acids is 1. The van der Waals surface area contributed by atoms with E-state index < -0.39 is 23.4 Å². The van der Waals surface area contributed by atoms with E-state index in [4.69, 9.17) is 0 Å². The summed E-state index contributed by atoms with van der Waals surface area (Å²) in [6.45, 7) is 10.4. The Morgan fingerprint density at radius 3 is 2.48 bits per heavy atom. The molecule has 1 aliphatic rings. The number of phenols is 1.